The number of alkyl halides is 1. The molecule has 0 spiro atoms. The van der Waals surface area contributed by atoms with E-state index in [0.717, 1.165) is 28.4 Å². The first-order valence-electron chi connectivity index (χ1n) is 7.11. The van der Waals surface area contributed by atoms with Crippen molar-refractivity contribution in [1.82, 2.24) is 9.55 Å². The van der Waals surface area contributed by atoms with E-state index in [2.05, 4.69) is 47.7 Å². The Balaban J connectivity index is 2.22. The fourth-order valence-corrected chi connectivity index (χ4v) is 3.17. The Morgan fingerprint density at radius 3 is 2.62 bits per heavy atom. The Morgan fingerprint density at radius 1 is 1.24 bits per heavy atom. The molecule has 3 aromatic rings. The minimum atomic E-state index is 0.142. The van der Waals surface area contributed by atoms with Crippen molar-refractivity contribution in [3.05, 3.63) is 52.7 Å². The summed E-state index contributed by atoms with van der Waals surface area (Å²) in [5.41, 5.74) is 4.51. The van der Waals surface area contributed by atoms with Gasteiger partial charge in [0.15, 0.2) is 0 Å². The molecule has 3 nitrogen and oxygen atoms in total. The third kappa shape index (κ3) is 2.36. The van der Waals surface area contributed by atoms with Crippen molar-refractivity contribution in [2.45, 2.75) is 39.6 Å². The van der Waals surface area contributed by atoms with Crippen molar-refractivity contribution in [2.24, 2.45) is 0 Å². The summed E-state index contributed by atoms with van der Waals surface area (Å²) < 4.78 is 7.89. The molecule has 0 saturated heterocycles. The highest BCUT2D eigenvalue weighted by molar-refractivity contribution is 6.16. The molecule has 21 heavy (non-hydrogen) atoms. The molecular formula is C17H19ClN2O. The Hall–Kier alpha value is -1.74. The van der Waals surface area contributed by atoms with Crippen LogP contribution in [0.2, 0.25) is 0 Å². The van der Waals surface area contributed by atoms with Gasteiger partial charge in [-0.3, -0.25) is 0 Å². The van der Waals surface area contributed by atoms with Gasteiger partial charge >= 0.3 is 0 Å². The molecule has 0 N–H and O–H groups in total. The van der Waals surface area contributed by atoms with Gasteiger partial charge in [-0.1, -0.05) is 6.07 Å². The number of imidazole rings is 1. The molecule has 1 unspecified atom stereocenters. The molecule has 0 aliphatic rings. The fourth-order valence-electron chi connectivity index (χ4n) is 2.98. The lowest BCUT2D eigenvalue weighted by Crippen LogP contribution is -2.10. The number of rotatable bonds is 3. The maximum absolute atomic E-state index is 6.11. The topological polar surface area (TPSA) is 31.0 Å². The number of aromatic nitrogens is 2. The SMILES string of the molecule is Cc1ccc2nc(CCl)n(C(C)c3cc(C)oc3C)c2c1. The molecule has 1 aromatic carbocycles. The van der Waals surface area contributed by atoms with Gasteiger partial charge in [-0.15, -0.1) is 11.6 Å². The van der Waals surface area contributed by atoms with Gasteiger partial charge in [0, 0.05) is 5.56 Å². The zero-order valence-electron chi connectivity index (χ0n) is 12.8. The van der Waals surface area contributed by atoms with Crippen molar-refractivity contribution < 1.29 is 4.42 Å². The highest BCUT2D eigenvalue weighted by Crippen LogP contribution is 2.30. The molecule has 2 heterocycles. The van der Waals surface area contributed by atoms with E-state index >= 15 is 0 Å². The summed E-state index contributed by atoms with van der Waals surface area (Å²) in [6, 6.07) is 8.53. The van der Waals surface area contributed by atoms with Crippen LogP contribution in [0.5, 0.6) is 0 Å². The van der Waals surface area contributed by atoms with Crippen LogP contribution in [0.4, 0.5) is 0 Å². The summed E-state index contributed by atoms with van der Waals surface area (Å²) in [5.74, 6) is 3.17. The molecular weight excluding hydrogens is 284 g/mol. The summed E-state index contributed by atoms with van der Waals surface area (Å²) in [7, 11) is 0. The number of nitrogens with zero attached hydrogens (tertiary/aromatic N) is 2. The van der Waals surface area contributed by atoms with Crippen LogP contribution in [0, 0.1) is 20.8 Å². The molecule has 4 heteroatoms. The van der Waals surface area contributed by atoms with Crippen LogP contribution in [0.1, 0.15) is 41.4 Å². The van der Waals surface area contributed by atoms with E-state index in [1.165, 1.54) is 11.1 Å². The molecule has 2 aromatic heterocycles. The number of benzene rings is 1. The lowest BCUT2D eigenvalue weighted by molar-refractivity contribution is 0.494. The number of halogens is 1. The number of aryl methyl sites for hydroxylation is 3. The van der Waals surface area contributed by atoms with E-state index < -0.39 is 0 Å². The minimum absolute atomic E-state index is 0.142. The fraction of sp³-hybridized carbons (Fsp3) is 0.353. The third-order valence-electron chi connectivity index (χ3n) is 3.95. The summed E-state index contributed by atoms with van der Waals surface area (Å²) in [5, 5.41) is 0. The predicted octanol–water partition coefficient (Wildman–Crippen LogP) is 4.90. The lowest BCUT2D eigenvalue weighted by atomic mass is 10.1. The van der Waals surface area contributed by atoms with Gasteiger partial charge in [0.1, 0.15) is 17.3 Å². The maximum atomic E-state index is 6.11. The quantitative estimate of drug-likeness (QED) is 0.644. The highest BCUT2D eigenvalue weighted by atomic mass is 35.5. The molecule has 3 rings (SSSR count). The Labute approximate surface area is 129 Å². The molecule has 0 saturated carbocycles. The second-order valence-corrected chi connectivity index (χ2v) is 5.84. The average molecular weight is 303 g/mol. The zero-order chi connectivity index (χ0) is 15.1. The second-order valence-electron chi connectivity index (χ2n) is 5.57. The number of fused-ring (bicyclic) bond motifs is 1. The van der Waals surface area contributed by atoms with E-state index in [-0.39, 0.29) is 6.04 Å². The van der Waals surface area contributed by atoms with Crippen LogP contribution in [0.25, 0.3) is 11.0 Å². The first-order chi connectivity index (χ1) is 10.0. The number of hydrogen-bond acceptors (Lipinski definition) is 2. The van der Waals surface area contributed by atoms with E-state index in [9.17, 15) is 0 Å². The zero-order valence-corrected chi connectivity index (χ0v) is 13.5. The highest BCUT2D eigenvalue weighted by Gasteiger charge is 2.20. The van der Waals surface area contributed by atoms with Crippen molar-refractivity contribution >= 4 is 22.6 Å². The van der Waals surface area contributed by atoms with Crippen molar-refractivity contribution in [3.8, 4) is 0 Å². The van der Waals surface area contributed by atoms with Crippen molar-refractivity contribution in [2.75, 3.05) is 0 Å². The van der Waals surface area contributed by atoms with Crippen LogP contribution < -0.4 is 0 Å². The van der Waals surface area contributed by atoms with Crippen molar-refractivity contribution in [3.63, 3.8) is 0 Å². The molecule has 0 fully saturated rings. The van der Waals surface area contributed by atoms with E-state index in [4.69, 9.17) is 16.0 Å². The third-order valence-corrected chi connectivity index (χ3v) is 4.19. The molecule has 110 valence electrons. The maximum Gasteiger partial charge on any atom is 0.125 e. The van der Waals surface area contributed by atoms with Crippen LogP contribution >= 0.6 is 11.6 Å². The van der Waals surface area contributed by atoms with Crippen LogP contribution in [0.15, 0.2) is 28.7 Å². The largest absolute Gasteiger partial charge is 0.466 e. The van der Waals surface area contributed by atoms with E-state index in [1.807, 2.05) is 13.8 Å². The molecule has 0 aliphatic heterocycles. The summed E-state index contributed by atoms with van der Waals surface area (Å²) in [6.45, 7) is 8.23. The lowest BCUT2D eigenvalue weighted by Gasteiger charge is -2.16. The molecule has 1 atom stereocenters. The second kappa shape index (κ2) is 5.23. The summed E-state index contributed by atoms with van der Waals surface area (Å²) >= 11 is 6.11. The van der Waals surface area contributed by atoms with Gasteiger partial charge in [-0.2, -0.15) is 0 Å². The van der Waals surface area contributed by atoms with Gasteiger partial charge in [0.05, 0.1) is 23.0 Å². The van der Waals surface area contributed by atoms with Crippen LogP contribution in [0.3, 0.4) is 0 Å². The smallest absolute Gasteiger partial charge is 0.125 e. The minimum Gasteiger partial charge on any atom is -0.466 e. The molecule has 0 amide bonds. The van der Waals surface area contributed by atoms with E-state index in [1.54, 1.807) is 0 Å². The van der Waals surface area contributed by atoms with E-state index in [0.29, 0.717) is 5.88 Å². The Kier molecular flexibility index (Phi) is 3.54. The van der Waals surface area contributed by atoms with Crippen LogP contribution in [-0.4, -0.2) is 9.55 Å². The van der Waals surface area contributed by atoms with Gasteiger partial charge in [0.2, 0.25) is 0 Å². The first kappa shape index (κ1) is 14.2. The van der Waals surface area contributed by atoms with Gasteiger partial charge < -0.3 is 8.98 Å². The summed E-state index contributed by atoms with van der Waals surface area (Å²) in [4.78, 5) is 4.66. The Bertz CT molecular complexity index is 801. The standard InChI is InChI=1S/C17H19ClN2O/c1-10-5-6-15-16(7-10)20(17(9-18)19-15)12(3)14-8-11(2)21-13(14)4/h5-8,12H,9H2,1-4H3. The van der Waals surface area contributed by atoms with Gasteiger partial charge in [0.25, 0.3) is 0 Å². The molecule has 0 aliphatic carbocycles. The first-order valence-corrected chi connectivity index (χ1v) is 7.65. The average Bonchev–Trinajstić information content (AvgIpc) is 2.97. The number of hydrogen-bond donors (Lipinski definition) is 0. The number of furan rings is 1. The van der Waals surface area contributed by atoms with Gasteiger partial charge in [-0.05, 0) is 51.5 Å². The molecule has 0 bridgehead atoms. The summed E-state index contributed by atoms with van der Waals surface area (Å²) in [6.07, 6.45) is 0. The monoisotopic (exact) mass is 302 g/mol. The van der Waals surface area contributed by atoms with Crippen molar-refractivity contribution in [1.29, 1.82) is 0 Å². The predicted molar refractivity (Wildman–Crippen MR) is 86.0 cm³/mol. The van der Waals surface area contributed by atoms with Gasteiger partial charge in [-0.25, -0.2) is 4.98 Å². The molecule has 0 radical (unpaired) electrons. The normalized spacial score (nSPS) is 13.0. The van der Waals surface area contributed by atoms with Crippen LogP contribution in [-0.2, 0) is 5.88 Å². The Morgan fingerprint density at radius 2 is 2.00 bits per heavy atom.